The van der Waals surface area contributed by atoms with E-state index in [4.69, 9.17) is 11.6 Å². The molecule has 0 saturated heterocycles. The van der Waals surface area contributed by atoms with E-state index in [2.05, 4.69) is 39.9 Å². The first-order valence-electron chi connectivity index (χ1n) is 6.06. The molecule has 0 fully saturated rings. The fourth-order valence-corrected chi connectivity index (χ4v) is 3.23. The predicted molar refractivity (Wildman–Crippen MR) is 83.1 cm³/mol. The van der Waals surface area contributed by atoms with Gasteiger partial charge in [-0.2, -0.15) is 0 Å². The van der Waals surface area contributed by atoms with E-state index in [9.17, 15) is 0 Å². The van der Waals surface area contributed by atoms with E-state index in [1.54, 1.807) is 11.3 Å². The standard InChI is InChI=1S/C15H13ClN2S/c1-10-13(6-7-15(16)18-10)17-8-11-9-19-14-5-3-2-4-12(11)14/h2-7,9,17H,8H2,1H3. The lowest BCUT2D eigenvalue weighted by Crippen LogP contribution is -2.01. The topological polar surface area (TPSA) is 24.9 Å². The Morgan fingerprint density at radius 3 is 2.89 bits per heavy atom. The van der Waals surface area contributed by atoms with Crippen LogP contribution in [-0.2, 0) is 6.54 Å². The van der Waals surface area contributed by atoms with Crippen molar-refractivity contribution in [3.63, 3.8) is 0 Å². The Balaban J connectivity index is 1.82. The van der Waals surface area contributed by atoms with Gasteiger partial charge in [-0.3, -0.25) is 0 Å². The Labute approximate surface area is 121 Å². The second kappa shape index (κ2) is 5.19. The van der Waals surface area contributed by atoms with Crippen LogP contribution < -0.4 is 5.32 Å². The summed E-state index contributed by atoms with van der Waals surface area (Å²) in [6.07, 6.45) is 0. The third-order valence-electron chi connectivity index (χ3n) is 3.08. The molecule has 2 heterocycles. The van der Waals surface area contributed by atoms with Crippen LogP contribution in [0.4, 0.5) is 5.69 Å². The molecule has 2 aromatic heterocycles. The molecule has 0 aliphatic heterocycles. The number of aromatic nitrogens is 1. The molecule has 1 N–H and O–H groups in total. The van der Waals surface area contributed by atoms with E-state index in [0.29, 0.717) is 5.15 Å². The highest BCUT2D eigenvalue weighted by molar-refractivity contribution is 7.17. The summed E-state index contributed by atoms with van der Waals surface area (Å²) in [6, 6.07) is 12.2. The van der Waals surface area contributed by atoms with Gasteiger partial charge in [0.05, 0.1) is 11.4 Å². The van der Waals surface area contributed by atoms with Crippen molar-refractivity contribution < 1.29 is 0 Å². The van der Waals surface area contributed by atoms with Crippen molar-refractivity contribution in [3.8, 4) is 0 Å². The Morgan fingerprint density at radius 1 is 1.21 bits per heavy atom. The molecule has 0 saturated carbocycles. The van der Waals surface area contributed by atoms with Crippen LogP contribution in [0.15, 0.2) is 41.8 Å². The summed E-state index contributed by atoms with van der Waals surface area (Å²) in [4.78, 5) is 4.24. The van der Waals surface area contributed by atoms with E-state index >= 15 is 0 Å². The molecular formula is C15H13ClN2S. The number of anilines is 1. The predicted octanol–water partition coefficient (Wildman–Crippen LogP) is 4.87. The third-order valence-corrected chi connectivity index (χ3v) is 4.31. The molecule has 0 amide bonds. The first-order chi connectivity index (χ1) is 9.24. The van der Waals surface area contributed by atoms with Crippen LogP contribution >= 0.6 is 22.9 Å². The van der Waals surface area contributed by atoms with Crippen molar-refractivity contribution in [2.75, 3.05) is 5.32 Å². The molecule has 96 valence electrons. The zero-order valence-electron chi connectivity index (χ0n) is 10.5. The second-order valence-electron chi connectivity index (χ2n) is 4.38. The summed E-state index contributed by atoms with van der Waals surface area (Å²) in [6.45, 7) is 2.76. The van der Waals surface area contributed by atoms with Crippen molar-refractivity contribution in [2.45, 2.75) is 13.5 Å². The summed E-state index contributed by atoms with van der Waals surface area (Å²) in [5, 5.41) is 7.48. The highest BCUT2D eigenvalue weighted by Crippen LogP contribution is 2.26. The number of pyridine rings is 1. The first kappa shape index (κ1) is 12.5. The van der Waals surface area contributed by atoms with Crippen LogP contribution in [0.2, 0.25) is 5.15 Å². The first-order valence-corrected chi connectivity index (χ1v) is 7.32. The fraction of sp³-hybridized carbons (Fsp3) is 0.133. The SMILES string of the molecule is Cc1nc(Cl)ccc1NCc1csc2ccccc12. The number of fused-ring (bicyclic) bond motifs is 1. The number of aryl methyl sites for hydroxylation is 1. The van der Waals surface area contributed by atoms with Gasteiger partial charge in [0.1, 0.15) is 5.15 Å². The molecule has 0 aliphatic carbocycles. The average molecular weight is 289 g/mol. The number of halogens is 1. The molecule has 0 atom stereocenters. The molecular weight excluding hydrogens is 276 g/mol. The minimum atomic E-state index is 0.532. The molecule has 2 nitrogen and oxygen atoms in total. The maximum Gasteiger partial charge on any atom is 0.129 e. The van der Waals surface area contributed by atoms with Crippen LogP contribution in [0.5, 0.6) is 0 Å². The number of thiophene rings is 1. The van der Waals surface area contributed by atoms with Gasteiger partial charge in [0.2, 0.25) is 0 Å². The highest BCUT2D eigenvalue weighted by atomic mass is 35.5. The third kappa shape index (κ3) is 2.57. The lowest BCUT2D eigenvalue weighted by Gasteiger charge is -2.08. The maximum absolute atomic E-state index is 5.86. The van der Waals surface area contributed by atoms with Crippen LogP contribution in [0.1, 0.15) is 11.3 Å². The number of rotatable bonds is 3. The van der Waals surface area contributed by atoms with Gasteiger partial charge >= 0.3 is 0 Å². The number of hydrogen-bond acceptors (Lipinski definition) is 3. The Hall–Kier alpha value is -1.58. The normalized spacial score (nSPS) is 10.8. The quantitative estimate of drug-likeness (QED) is 0.696. The van der Waals surface area contributed by atoms with Crippen molar-refractivity contribution >= 4 is 38.7 Å². The Bertz CT molecular complexity index is 721. The summed E-state index contributed by atoms with van der Waals surface area (Å²) < 4.78 is 1.32. The molecule has 3 aromatic rings. The fourth-order valence-electron chi connectivity index (χ4n) is 2.08. The zero-order valence-corrected chi connectivity index (χ0v) is 12.1. The lowest BCUT2D eigenvalue weighted by molar-refractivity contribution is 1.12. The van der Waals surface area contributed by atoms with Gasteiger partial charge in [0.25, 0.3) is 0 Å². The molecule has 0 aliphatic rings. The molecule has 19 heavy (non-hydrogen) atoms. The smallest absolute Gasteiger partial charge is 0.129 e. The molecule has 0 spiro atoms. The number of benzene rings is 1. The van der Waals surface area contributed by atoms with Crippen molar-refractivity contribution in [1.29, 1.82) is 0 Å². The van der Waals surface area contributed by atoms with Gasteiger partial charge in [-0.15, -0.1) is 11.3 Å². The van der Waals surface area contributed by atoms with Gasteiger partial charge in [-0.25, -0.2) is 4.98 Å². The minimum Gasteiger partial charge on any atom is -0.379 e. The highest BCUT2D eigenvalue weighted by Gasteiger charge is 2.04. The van der Waals surface area contributed by atoms with Gasteiger partial charge in [-0.05, 0) is 41.5 Å². The second-order valence-corrected chi connectivity index (χ2v) is 5.68. The van der Waals surface area contributed by atoms with E-state index in [1.807, 2.05) is 19.1 Å². The Morgan fingerprint density at radius 2 is 2.05 bits per heavy atom. The zero-order chi connectivity index (χ0) is 13.2. The van der Waals surface area contributed by atoms with Crippen LogP contribution in [-0.4, -0.2) is 4.98 Å². The van der Waals surface area contributed by atoms with Crippen LogP contribution in [0.3, 0.4) is 0 Å². The van der Waals surface area contributed by atoms with Crippen molar-refractivity contribution in [1.82, 2.24) is 4.98 Å². The van der Waals surface area contributed by atoms with E-state index in [1.165, 1.54) is 15.6 Å². The van der Waals surface area contributed by atoms with Crippen molar-refractivity contribution in [2.24, 2.45) is 0 Å². The molecule has 0 radical (unpaired) electrons. The van der Waals surface area contributed by atoms with E-state index in [0.717, 1.165) is 17.9 Å². The largest absolute Gasteiger partial charge is 0.379 e. The maximum atomic E-state index is 5.86. The van der Waals surface area contributed by atoms with Gasteiger partial charge in [0.15, 0.2) is 0 Å². The van der Waals surface area contributed by atoms with Crippen LogP contribution in [0, 0.1) is 6.92 Å². The number of nitrogens with one attached hydrogen (secondary N) is 1. The van der Waals surface area contributed by atoms with Crippen LogP contribution in [0.25, 0.3) is 10.1 Å². The summed E-state index contributed by atoms with van der Waals surface area (Å²) >= 11 is 7.64. The summed E-state index contributed by atoms with van der Waals surface area (Å²) in [7, 11) is 0. The van der Waals surface area contributed by atoms with Crippen molar-refractivity contribution in [3.05, 3.63) is 58.2 Å². The Kier molecular flexibility index (Phi) is 3.40. The number of hydrogen-bond donors (Lipinski definition) is 1. The molecule has 0 bridgehead atoms. The average Bonchev–Trinajstić information content (AvgIpc) is 2.81. The number of nitrogens with zero attached hydrogens (tertiary/aromatic N) is 1. The van der Waals surface area contributed by atoms with Gasteiger partial charge in [0, 0.05) is 11.2 Å². The molecule has 0 unspecified atom stereocenters. The van der Waals surface area contributed by atoms with E-state index < -0.39 is 0 Å². The minimum absolute atomic E-state index is 0.532. The molecule has 1 aromatic carbocycles. The van der Waals surface area contributed by atoms with Gasteiger partial charge in [-0.1, -0.05) is 29.8 Å². The van der Waals surface area contributed by atoms with E-state index in [-0.39, 0.29) is 0 Å². The summed E-state index contributed by atoms with van der Waals surface area (Å²) in [5.74, 6) is 0. The molecule has 4 heteroatoms. The summed E-state index contributed by atoms with van der Waals surface area (Å²) in [5.41, 5.74) is 3.27. The lowest BCUT2D eigenvalue weighted by atomic mass is 10.2. The monoisotopic (exact) mass is 288 g/mol. The molecule has 3 rings (SSSR count). The van der Waals surface area contributed by atoms with Gasteiger partial charge < -0.3 is 5.32 Å².